The molecule has 1 aliphatic rings. The Morgan fingerprint density at radius 3 is 2.55 bits per heavy atom. The molecule has 1 aliphatic heterocycles. The van der Waals surface area contributed by atoms with Crippen LogP contribution in [0.15, 0.2) is 42.6 Å². The molecule has 0 radical (unpaired) electrons. The van der Waals surface area contributed by atoms with Gasteiger partial charge in [0, 0.05) is 26.8 Å². The van der Waals surface area contributed by atoms with Crippen molar-refractivity contribution in [1.82, 2.24) is 15.2 Å². The number of hydrogen-bond acceptors (Lipinski definition) is 5. The molecule has 0 saturated carbocycles. The molecule has 2 heterocycles. The molecule has 29 heavy (non-hydrogen) atoms. The van der Waals surface area contributed by atoms with Crippen molar-refractivity contribution < 1.29 is 9.53 Å². The van der Waals surface area contributed by atoms with Gasteiger partial charge >= 0.3 is 0 Å². The largest absolute Gasteiger partial charge is 0.497 e. The van der Waals surface area contributed by atoms with Crippen LogP contribution in [0.25, 0.3) is 0 Å². The lowest BCUT2D eigenvalue weighted by Gasteiger charge is -2.37. The number of nitrogens with zero attached hydrogens (tertiary/aromatic N) is 3. The Labute approximate surface area is 173 Å². The maximum Gasteiger partial charge on any atom is 0.255 e. The van der Waals surface area contributed by atoms with Crippen molar-refractivity contribution in [3.63, 3.8) is 0 Å². The number of ether oxygens (including phenoxy) is 1. The number of nitrogens with one attached hydrogen (secondary N) is 1. The fourth-order valence-corrected chi connectivity index (χ4v) is 3.84. The number of benzene rings is 1. The highest BCUT2D eigenvalue weighted by Crippen LogP contribution is 2.28. The molecule has 1 aromatic carbocycles. The summed E-state index contributed by atoms with van der Waals surface area (Å²) in [5, 5.41) is 3.15. The van der Waals surface area contributed by atoms with Gasteiger partial charge in [-0.05, 0) is 61.7 Å². The molecule has 3 rings (SSSR count). The van der Waals surface area contributed by atoms with E-state index in [1.807, 2.05) is 37.2 Å². The van der Waals surface area contributed by atoms with E-state index in [-0.39, 0.29) is 11.9 Å². The van der Waals surface area contributed by atoms with Crippen LogP contribution >= 0.6 is 0 Å². The smallest absolute Gasteiger partial charge is 0.255 e. The second-order valence-corrected chi connectivity index (χ2v) is 7.99. The van der Waals surface area contributed by atoms with Crippen molar-refractivity contribution >= 4 is 11.7 Å². The molecule has 1 N–H and O–H groups in total. The molecule has 1 unspecified atom stereocenters. The minimum Gasteiger partial charge on any atom is -0.497 e. The third-order valence-electron chi connectivity index (χ3n) is 5.67. The third kappa shape index (κ3) is 5.26. The summed E-state index contributed by atoms with van der Waals surface area (Å²) in [6.45, 7) is 4.96. The SMILES string of the molecule is COc1ccc(C(CNC(=O)c2cccnc2N(C)C)N2CCC(C)CC2)cc1. The van der Waals surface area contributed by atoms with Gasteiger partial charge in [0.15, 0.2) is 0 Å². The average Bonchev–Trinajstić information content (AvgIpc) is 2.75. The zero-order valence-electron chi connectivity index (χ0n) is 17.9. The normalized spacial score (nSPS) is 16.3. The first-order valence-corrected chi connectivity index (χ1v) is 10.3. The van der Waals surface area contributed by atoms with Crippen LogP contribution in [-0.4, -0.2) is 56.6 Å². The monoisotopic (exact) mass is 396 g/mol. The molecule has 1 amide bonds. The highest BCUT2D eigenvalue weighted by Gasteiger charge is 2.26. The molecular weight excluding hydrogens is 364 g/mol. The first-order valence-electron chi connectivity index (χ1n) is 10.3. The summed E-state index contributed by atoms with van der Waals surface area (Å²) in [5.74, 6) is 2.19. The maximum absolute atomic E-state index is 12.9. The van der Waals surface area contributed by atoms with Crippen molar-refractivity contribution in [3.05, 3.63) is 53.7 Å². The molecule has 6 nitrogen and oxygen atoms in total. The molecule has 1 aromatic heterocycles. The molecule has 0 spiro atoms. The van der Waals surface area contributed by atoms with Crippen LogP contribution < -0.4 is 15.0 Å². The number of rotatable bonds is 7. The number of pyridine rings is 1. The fourth-order valence-electron chi connectivity index (χ4n) is 3.84. The standard InChI is InChI=1S/C23H32N4O2/c1-17-11-14-27(15-12-17)21(18-7-9-19(29-4)10-8-18)16-25-23(28)20-6-5-13-24-22(20)26(2)3/h5-10,13,17,21H,11-12,14-16H2,1-4H3,(H,25,28). The number of likely N-dealkylation sites (tertiary alicyclic amines) is 1. The summed E-state index contributed by atoms with van der Waals surface area (Å²) in [7, 11) is 5.47. The lowest BCUT2D eigenvalue weighted by atomic mass is 9.95. The highest BCUT2D eigenvalue weighted by molar-refractivity contribution is 5.98. The lowest BCUT2D eigenvalue weighted by Crippen LogP contribution is -2.42. The number of methoxy groups -OCH3 is 1. The van der Waals surface area contributed by atoms with Crippen LogP contribution in [0.5, 0.6) is 5.75 Å². The molecule has 6 heteroatoms. The zero-order chi connectivity index (χ0) is 20.8. The number of piperidine rings is 1. The number of carbonyl (C=O) groups excluding carboxylic acids is 1. The van der Waals surface area contributed by atoms with Gasteiger partial charge in [0.05, 0.1) is 18.7 Å². The van der Waals surface area contributed by atoms with E-state index < -0.39 is 0 Å². The van der Waals surface area contributed by atoms with Gasteiger partial charge in [-0.2, -0.15) is 0 Å². The van der Waals surface area contributed by atoms with Gasteiger partial charge in [0.25, 0.3) is 5.91 Å². The molecule has 2 aromatic rings. The number of carbonyl (C=O) groups is 1. The number of anilines is 1. The Morgan fingerprint density at radius 1 is 1.24 bits per heavy atom. The minimum atomic E-state index is -0.0920. The highest BCUT2D eigenvalue weighted by atomic mass is 16.5. The molecule has 1 saturated heterocycles. The predicted molar refractivity (Wildman–Crippen MR) is 117 cm³/mol. The Balaban J connectivity index is 1.77. The maximum atomic E-state index is 12.9. The lowest BCUT2D eigenvalue weighted by molar-refractivity contribution is 0.0913. The van der Waals surface area contributed by atoms with Gasteiger partial charge in [0.1, 0.15) is 11.6 Å². The third-order valence-corrected chi connectivity index (χ3v) is 5.67. The number of hydrogen-bond donors (Lipinski definition) is 1. The fraction of sp³-hybridized carbons (Fsp3) is 0.478. The zero-order valence-corrected chi connectivity index (χ0v) is 17.9. The van der Waals surface area contributed by atoms with E-state index in [2.05, 4.69) is 34.3 Å². The van der Waals surface area contributed by atoms with E-state index in [4.69, 9.17) is 4.74 Å². The van der Waals surface area contributed by atoms with Crippen molar-refractivity contribution in [2.45, 2.75) is 25.8 Å². The summed E-state index contributed by atoms with van der Waals surface area (Å²) in [6, 6.07) is 11.9. The number of amides is 1. The van der Waals surface area contributed by atoms with Crippen molar-refractivity contribution in [2.24, 2.45) is 5.92 Å². The van der Waals surface area contributed by atoms with Crippen molar-refractivity contribution in [2.75, 3.05) is 45.7 Å². The van der Waals surface area contributed by atoms with Crippen molar-refractivity contribution in [3.8, 4) is 5.75 Å². The second kappa shape index (κ2) is 9.74. The van der Waals surface area contributed by atoms with Crippen LogP contribution in [0.2, 0.25) is 0 Å². The van der Waals surface area contributed by atoms with E-state index in [1.54, 1.807) is 19.4 Å². The Hall–Kier alpha value is -2.60. The predicted octanol–water partition coefficient (Wildman–Crippen LogP) is 3.36. The Morgan fingerprint density at radius 2 is 1.93 bits per heavy atom. The quantitative estimate of drug-likeness (QED) is 0.778. The van der Waals surface area contributed by atoms with Crippen LogP contribution in [0.1, 0.15) is 41.7 Å². The average molecular weight is 397 g/mol. The van der Waals surface area contributed by atoms with E-state index in [0.29, 0.717) is 17.9 Å². The summed E-state index contributed by atoms with van der Waals surface area (Å²) >= 11 is 0. The summed E-state index contributed by atoms with van der Waals surface area (Å²) in [4.78, 5) is 21.6. The topological polar surface area (TPSA) is 57.7 Å². The Bertz CT molecular complexity index is 799. The molecule has 0 bridgehead atoms. The summed E-state index contributed by atoms with van der Waals surface area (Å²) < 4.78 is 5.31. The van der Waals surface area contributed by atoms with E-state index in [0.717, 1.165) is 24.8 Å². The van der Waals surface area contributed by atoms with Gasteiger partial charge in [-0.25, -0.2) is 4.98 Å². The van der Waals surface area contributed by atoms with Crippen LogP contribution in [0.4, 0.5) is 5.82 Å². The number of aromatic nitrogens is 1. The van der Waals surface area contributed by atoms with Gasteiger partial charge in [-0.1, -0.05) is 19.1 Å². The van der Waals surface area contributed by atoms with Crippen LogP contribution in [0, 0.1) is 5.92 Å². The molecular formula is C23H32N4O2. The second-order valence-electron chi connectivity index (χ2n) is 7.99. The Kier molecular flexibility index (Phi) is 7.09. The summed E-state index contributed by atoms with van der Waals surface area (Å²) in [5.41, 5.74) is 1.79. The van der Waals surface area contributed by atoms with Crippen molar-refractivity contribution in [1.29, 1.82) is 0 Å². The van der Waals surface area contributed by atoms with Gasteiger partial charge < -0.3 is 15.0 Å². The first-order chi connectivity index (χ1) is 14.0. The molecule has 1 fully saturated rings. The molecule has 0 aliphatic carbocycles. The first kappa shape index (κ1) is 21.1. The van der Waals surface area contributed by atoms with E-state index >= 15 is 0 Å². The van der Waals surface area contributed by atoms with Gasteiger partial charge in [0.2, 0.25) is 0 Å². The van der Waals surface area contributed by atoms with E-state index in [1.165, 1.54) is 18.4 Å². The summed E-state index contributed by atoms with van der Waals surface area (Å²) in [6.07, 6.45) is 4.09. The minimum absolute atomic E-state index is 0.0920. The van der Waals surface area contributed by atoms with Crippen LogP contribution in [0.3, 0.4) is 0 Å². The molecule has 1 atom stereocenters. The molecule has 156 valence electrons. The van der Waals surface area contributed by atoms with Crippen LogP contribution in [-0.2, 0) is 0 Å². The van der Waals surface area contributed by atoms with Gasteiger partial charge in [-0.15, -0.1) is 0 Å². The van der Waals surface area contributed by atoms with Gasteiger partial charge in [-0.3, -0.25) is 9.69 Å². The van der Waals surface area contributed by atoms with E-state index in [9.17, 15) is 4.79 Å².